The van der Waals surface area contributed by atoms with Gasteiger partial charge in [-0.05, 0) is 6.42 Å². The van der Waals surface area contributed by atoms with Crippen molar-refractivity contribution >= 4 is 0 Å². The first-order valence-corrected chi connectivity index (χ1v) is 5.05. The van der Waals surface area contributed by atoms with Gasteiger partial charge in [0.1, 0.15) is 0 Å². The van der Waals surface area contributed by atoms with Crippen LogP contribution in [-0.4, -0.2) is 6.18 Å². The van der Waals surface area contributed by atoms with E-state index in [1.165, 1.54) is 6.92 Å². The van der Waals surface area contributed by atoms with Crippen molar-refractivity contribution in [3.63, 3.8) is 0 Å². The number of halogens is 3. The van der Waals surface area contributed by atoms with Crippen LogP contribution in [0.4, 0.5) is 13.2 Å². The van der Waals surface area contributed by atoms with Crippen LogP contribution in [0.3, 0.4) is 0 Å². The summed E-state index contributed by atoms with van der Waals surface area (Å²) in [6.45, 7) is 3.36. The minimum atomic E-state index is -4.00. The summed E-state index contributed by atoms with van der Waals surface area (Å²) in [5.74, 6) is -1.13. The molecule has 3 heteroatoms. The van der Waals surface area contributed by atoms with Gasteiger partial charge in [0.15, 0.2) is 0 Å². The van der Waals surface area contributed by atoms with Gasteiger partial charge in [0.05, 0.1) is 5.92 Å². The van der Waals surface area contributed by atoms with Crippen molar-refractivity contribution in [3.8, 4) is 0 Å². The van der Waals surface area contributed by atoms with E-state index < -0.39 is 12.1 Å². The molecule has 1 unspecified atom stereocenters. The van der Waals surface area contributed by atoms with E-state index in [0.717, 1.165) is 25.7 Å². The SMILES string of the molecule is CCCCCCCC(C)C(F)(F)F. The lowest BCUT2D eigenvalue weighted by molar-refractivity contribution is -0.171. The van der Waals surface area contributed by atoms with Gasteiger partial charge in [0.25, 0.3) is 0 Å². The highest BCUT2D eigenvalue weighted by atomic mass is 19.4. The van der Waals surface area contributed by atoms with Gasteiger partial charge < -0.3 is 0 Å². The molecule has 0 aromatic carbocycles. The first kappa shape index (κ1) is 12.8. The molecule has 13 heavy (non-hydrogen) atoms. The third kappa shape index (κ3) is 6.91. The number of hydrogen-bond donors (Lipinski definition) is 0. The van der Waals surface area contributed by atoms with Crippen molar-refractivity contribution in [1.29, 1.82) is 0 Å². The van der Waals surface area contributed by atoms with Gasteiger partial charge in [-0.3, -0.25) is 0 Å². The summed E-state index contributed by atoms with van der Waals surface area (Å²) in [4.78, 5) is 0. The lowest BCUT2D eigenvalue weighted by Crippen LogP contribution is -2.19. The first-order valence-electron chi connectivity index (χ1n) is 5.05. The van der Waals surface area contributed by atoms with E-state index in [-0.39, 0.29) is 6.42 Å². The Labute approximate surface area is 78.5 Å². The fourth-order valence-electron chi connectivity index (χ4n) is 1.22. The lowest BCUT2D eigenvalue weighted by atomic mass is 10.0. The molecule has 0 aliphatic carbocycles. The summed E-state index contributed by atoms with van der Waals surface area (Å²) in [6, 6.07) is 0. The van der Waals surface area contributed by atoms with E-state index in [0.29, 0.717) is 6.42 Å². The number of unbranched alkanes of at least 4 members (excludes halogenated alkanes) is 4. The second-order valence-electron chi connectivity index (χ2n) is 3.65. The molecule has 0 radical (unpaired) electrons. The molecule has 0 spiro atoms. The lowest BCUT2D eigenvalue weighted by Gasteiger charge is -2.14. The van der Waals surface area contributed by atoms with Crippen molar-refractivity contribution in [2.75, 3.05) is 0 Å². The quantitative estimate of drug-likeness (QED) is 0.547. The molecule has 0 nitrogen and oxygen atoms in total. The number of rotatable bonds is 6. The highest BCUT2D eigenvalue weighted by Gasteiger charge is 2.34. The minimum absolute atomic E-state index is 0.285. The van der Waals surface area contributed by atoms with Crippen LogP contribution < -0.4 is 0 Å². The Bertz CT molecular complexity index is 118. The normalized spacial score (nSPS) is 14.5. The smallest absolute Gasteiger partial charge is 0.171 e. The maximum absolute atomic E-state index is 12.0. The molecule has 0 N–H and O–H groups in total. The fourth-order valence-corrected chi connectivity index (χ4v) is 1.22. The minimum Gasteiger partial charge on any atom is -0.171 e. The Balaban J connectivity index is 3.32. The van der Waals surface area contributed by atoms with Crippen LogP contribution in [0.1, 0.15) is 52.4 Å². The van der Waals surface area contributed by atoms with Crippen LogP contribution in [0.2, 0.25) is 0 Å². The Kier molecular flexibility index (Phi) is 6.17. The standard InChI is InChI=1S/C10H19F3/c1-3-4-5-6-7-8-9(2)10(11,12)13/h9H,3-8H2,1-2H3. The predicted octanol–water partition coefficient (Wildman–Crippen LogP) is 4.55. The number of alkyl halides is 3. The van der Waals surface area contributed by atoms with E-state index in [4.69, 9.17) is 0 Å². The van der Waals surface area contributed by atoms with Crippen LogP contribution in [0.15, 0.2) is 0 Å². The largest absolute Gasteiger partial charge is 0.391 e. The first-order chi connectivity index (χ1) is 5.98. The zero-order chi connectivity index (χ0) is 10.3. The molecule has 0 amide bonds. The van der Waals surface area contributed by atoms with Crippen LogP contribution in [-0.2, 0) is 0 Å². The molecule has 80 valence electrons. The summed E-state index contributed by atoms with van der Waals surface area (Å²) in [7, 11) is 0. The summed E-state index contributed by atoms with van der Waals surface area (Å²) in [5.41, 5.74) is 0. The second-order valence-corrected chi connectivity index (χ2v) is 3.65. The molecule has 0 rings (SSSR count). The zero-order valence-electron chi connectivity index (χ0n) is 8.45. The summed E-state index contributed by atoms with van der Waals surface area (Å²) < 4.78 is 36.1. The Hall–Kier alpha value is -0.210. The van der Waals surface area contributed by atoms with Crippen LogP contribution in [0.25, 0.3) is 0 Å². The highest BCUT2D eigenvalue weighted by molar-refractivity contribution is 4.61. The van der Waals surface area contributed by atoms with Crippen LogP contribution >= 0.6 is 0 Å². The monoisotopic (exact) mass is 196 g/mol. The molecular weight excluding hydrogens is 177 g/mol. The molecule has 0 saturated carbocycles. The van der Waals surface area contributed by atoms with E-state index in [1.807, 2.05) is 0 Å². The summed E-state index contributed by atoms with van der Waals surface area (Å²) >= 11 is 0. The van der Waals surface area contributed by atoms with Gasteiger partial charge in [-0.25, -0.2) is 0 Å². The maximum Gasteiger partial charge on any atom is 0.391 e. The highest BCUT2D eigenvalue weighted by Crippen LogP contribution is 2.29. The van der Waals surface area contributed by atoms with E-state index in [9.17, 15) is 13.2 Å². The maximum atomic E-state index is 12.0. The molecule has 0 fully saturated rings. The van der Waals surface area contributed by atoms with Gasteiger partial charge in [-0.1, -0.05) is 46.0 Å². The summed E-state index contributed by atoms with van der Waals surface area (Å²) in [6.07, 6.45) is 1.28. The Morgan fingerprint density at radius 2 is 1.54 bits per heavy atom. The topological polar surface area (TPSA) is 0 Å². The summed E-state index contributed by atoms with van der Waals surface area (Å²) in [5, 5.41) is 0. The third-order valence-corrected chi connectivity index (χ3v) is 2.30. The van der Waals surface area contributed by atoms with Crippen molar-refractivity contribution in [2.24, 2.45) is 5.92 Å². The van der Waals surface area contributed by atoms with Crippen molar-refractivity contribution in [1.82, 2.24) is 0 Å². The van der Waals surface area contributed by atoms with Gasteiger partial charge >= 0.3 is 6.18 Å². The number of hydrogen-bond acceptors (Lipinski definition) is 0. The van der Waals surface area contributed by atoms with Gasteiger partial charge in [-0.15, -0.1) is 0 Å². The molecular formula is C10H19F3. The molecule has 1 atom stereocenters. The molecule has 0 aromatic heterocycles. The molecule has 0 saturated heterocycles. The van der Waals surface area contributed by atoms with Crippen molar-refractivity contribution in [2.45, 2.75) is 58.5 Å². The molecule has 0 aromatic rings. The van der Waals surface area contributed by atoms with Crippen LogP contribution in [0, 0.1) is 5.92 Å². The van der Waals surface area contributed by atoms with Gasteiger partial charge in [0.2, 0.25) is 0 Å². The average Bonchev–Trinajstić information content (AvgIpc) is 2.02. The third-order valence-electron chi connectivity index (χ3n) is 2.30. The van der Waals surface area contributed by atoms with E-state index >= 15 is 0 Å². The van der Waals surface area contributed by atoms with Crippen molar-refractivity contribution < 1.29 is 13.2 Å². The molecule has 0 heterocycles. The van der Waals surface area contributed by atoms with E-state index in [2.05, 4.69) is 6.92 Å². The van der Waals surface area contributed by atoms with Crippen molar-refractivity contribution in [3.05, 3.63) is 0 Å². The molecule has 0 aliphatic heterocycles. The Morgan fingerprint density at radius 1 is 1.00 bits per heavy atom. The Morgan fingerprint density at radius 3 is 2.00 bits per heavy atom. The molecule has 0 bridgehead atoms. The fraction of sp³-hybridized carbons (Fsp3) is 1.00. The zero-order valence-corrected chi connectivity index (χ0v) is 8.45. The van der Waals surface area contributed by atoms with Gasteiger partial charge in [0, 0.05) is 0 Å². The average molecular weight is 196 g/mol. The predicted molar refractivity (Wildman–Crippen MR) is 48.6 cm³/mol. The van der Waals surface area contributed by atoms with Gasteiger partial charge in [-0.2, -0.15) is 13.2 Å². The van der Waals surface area contributed by atoms with Crippen LogP contribution in [0.5, 0.6) is 0 Å². The van der Waals surface area contributed by atoms with E-state index in [1.54, 1.807) is 0 Å². The second kappa shape index (κ2) is 6.28. The molecule has 0 aliphatic rings.